The molecule has 6 heteroatoms. The summed E-state index contributed by atoms with van der Waals surface area (Å²) in [4.78, 5) is 12.0. The summed E-state index contributed by atoms with van der Waals surface area (Å²) in [5, 5.41) is 8.02. The van der Waals surface area contributed by atoms with Gasteiger partial charge in [0, 0.05) is 6.20 Å². The lowest BCUT2D eigenvalue weighted by Gasteiger charge is -2.30. The number of rotatable bonds is 7. The van der Waals surface area contributed by atoms with E-state index < -0.39 is 5.54 Å². The summed E-state index contributed by atoms with van der Waals surface area (Å²) in [6.45, 7) is 6.67. The van der Waals surface area contributed by atoms with Crippen molar-refractivity contribution >= 4 is 17.6 Å². The van der Waals surface area contributed by atoms with Crippen molar-refractivity contribution < 1.29 is 9.53 Å². The molecule has 0 fully saturated rings. The molecular weight excluding hydrogens is 266 g/mol. The average Bonchev–Trinajstić information content (AvgIpc) is 2.82. The molecule has 108 valence electrons. The summed E-state index contributed by atoms with van der Waals surface area (Å²) >= 11 is 5.86. The van der Waals surface area contributed by atoms with Crippen LogP contribution in [0.1, 0.15) is 39.7 Å². The van der Waals surface area contributed by atoms with Crippen LogP contribution in [-0.2, 0) is 9.53 Å². The van der Waals surface area contributed by atoms with E-state index in [1.807, 2.05) is 13.8 Å². The first-order valence-corrected chi connectivity index (χ1v) is 6.84. The van der Waals surface area contributed by atoms with Crippen molar-refractivity contribution in [2.45, 2.75) is 45.2 Å². The zero-order valence-electron chi connectivity index (χ0n) is 11.9. The number of hydrogen-bond acceptors (Lipinski definition) is 4. The van der Waals surface area contributed by atoms with Gasteiger partial charge in [-0.05, 0) is 33.2 Å². The van der Waals surface area contributed by atoms with Crippen LogP contribution in [-0.4, -0.2) is 34.9 Å². The van der Waals surface area contributed by atoms with Crippen molar-refractivity contribution in [1.29, 1.82) is 0 Å². The lowest BCUT2D eigenvalue weighted by Crippen LogP contribution is -2.51. The van der Waals surface area contributed by atoms with Crippen molar-refractivity contribution in [3.8, 4) is 0 Å². The number of halogens is 1. The van der Waals surface area contributed by atoms with Gasteiger partial charge >= 0.3 is 5.97 Å². The molecule has 1 heterocycles. The Balaban J connectivity index is 2.79. The van der Waals surface area contributed by atoms with Gasteiger partial charge in [0.15, 0.2) is 0 Å². The maximum Gasteiger partial charge on any atom is 0.325 e. The van der Waals surface area contributed by atoms with Gasteiger partial charge in [-0.2, -0.15) is 5.10 Å². The van der Waals surface area contributed by atoms with E-state index in [4.69, 9.17) is 16.3 Å². The predicted molar refractivity (Wildman–Crippen MR) is 75.3 cm³/mol. The smallest absolute Gasteiger partial charge is 0.325 e. The second-order valence-electron chi connectivity index (χ2n) is 4.94. The minimum absolute atomic E-state index is 0.0426. The third kappa shape index (κ3) is 4.21. The van der Waals surface area contributed by atoms with Crippen molar-refractivity contribution in [3.05, 3.63) is 17.4 Å². The zero-order valence-corrected chi connectivity index (χ0v) is 12.7. The highest BCUT2D eigenvalue weighted by atomic mass is 35.5. The molecule has 19 heavy (non-hydrogen) atoms. The first-order valence-electron chi connectivity index (χ1n) is 6.46. The van der Waals surface area contributed by atoms with Crippen LogP contribution in [0.2, 0.25) is 5.02 Å². The number of esters is 1. The van der Waals surface area contributed by atoms with Gasteiger partial charge in [-0.3, -0.25) is 9.48 Å². The number of ether oxygens (including phenoxy) is 1. The molecule has 0 radical (unpaired) electrons. The third-order valence-corrected chi connectivity index (χ3v) is 3.32. The zero-order chi connectivity index (χ0) is 14.5. The number of nitrogens with zero attached hydrogens (tertiary/aromatic N) is 2. The number of carbonyl (C=O) groups is 1. The van der Waals surface area contributed by atoms with Gasteiger partial charge in [-0.15, -0.1) is 0 Å². The molecule has 5 nitrogen and oxygen atoms in total. The van der Waals surface area contributed by atoms with Crippen LogP contribution in [0.15, 0.2) is 12.4 Å². The van der Waals surface area contributed by atoms with E-state index >= 15 is 0 Å². The Labute approximate surface area is 119 Å². The fraction of sp³-hybridized carbons (Fsp3) is 0.692. The number of aromatic nitrogens is 2. The van der Waals surface area contributed by atoms with Gasteiger partial charge in [0.2, 0.25) is 0 Å². The summed E-state index contributed by atoms with van der Waals surface area (Å²) in [6, 6.07) is 0.0426. The van der Waals surface area contributed by atoms with E-state index in [0.29, 0.717) is 11.4 Å². The Morgan fingerprint density at radius 3 is 2.84 bits per heavy atom. The minimum Gasteiger partial charge on any atom is -0.468 e. The number of methoxy groups -OCH3 is 1. The molecule has 0 aliphatic carbocycles. The van der Waals surface area contributed by atoms with Gasteiger partial charge in [0.05, 0.1) is 24.4 Å². The Morgan fingerprint density at radius 2 is 2.37 bits per heavy atom. The first kappa shape index (κ1) is 16.0. The van der Waals surface area contributed by atoms with Gasteiger partial charge in [0.1, 0.15) is 5.54 Å². The summed E-state index contributed by atoms with van der Waals surface area (Å²) in [7, 11) is 1.41. The topological polar surface area (TPSA) is 56.2 Å². The van der Waals surface area contributed by atoms with Crippen LogP contribution in [0.5, 0.6) is 0 Å². The molecule has 1 N–H and O–H groups in total. The van der Waals surface area contributed by atoms with E-state index in [2.05, 4.69) is 17.3 Å². The van der Waals surface area contributed by atoms with Gasteiger partial charge in [-0.1, -0.05) is 18.5 Å². The van der Waals surface area contributed by atoms with Crippen LogP contribution < -0.4 is 5.32 Å². The molecule has 2 unspecified atom stereocenters. The Morgan fingerprint density at radius 1 is 1.68 bits per heavy atom. The van der Waals surface area contributed by atoms with Crippen LogP contribution in [0, 0.1) is 0 Å². The molecule has 0 saturated carbocycles. The summed E-state index contributed by atoms with van der Waals surface area (Å²) in [5.74, 6) is -0.258. The van der Waals surface area contributed by atoms with Crippen molar-refractivity contribution in [2.24, 2.45) is 0 Å². The summed E-state index contributed by atoms with van der Waals surface area (Å²) in [5.41, 5.74) is -0.720. The molecular formula is C13H22ClN3O2. The Hall–Kier alpha value is -1.07. The lowest BCUT2D eigenvalue weighted by molar-refractivity contribution is -0.148. The second-order valence-corrected chi connectivity index (χ2v) is 5.38. The molecule has 2 atom stereocenters. The monoisotopic (exact) mass is 287 g/mol. The molecule has 0 saturated heterocycles. The van der Waals surface area contributed by atoms with Crippen LogP contribution in [0.4, 0.5) is 0 Å². The maximum atomic E-state index is 12.0. The molecule has 0 spiro atoms. The summed E-state index contributed by atoms with van der Waals surface area (Å²) < 4.78 is 6.66. The van der Waals surface area contributed by atoms with Crippen molar-refractivity contribution in [3.63, 3.8) is 0 Å². The van der Waals surface area contributed by atoms with E-state index in [-0.39, 0.29) is 12.0 Å². The number of hydrogen-bond donors (Lipinski definition) is 1. The minimum atomic E-state index is -0.720. The van der Waals surface area contributed by atoms with Gasteiger partial charge in [0.25, 0.3) is 0 Å². The largest absolute Gasteiger partial charge is 0.468 e. The molecule has 1 rings (SSSR count). The standard InChI is InChI=1S/C13H22ClN3O2/c1-5-6-15-13(3,12(18)19-4)7-10(2)17-9-11(14)8-16-17/h8-10,15H,5-7H2,1-4H3. The fourth-order valence-corrected chi connectivity index (χ4v) is 2.24. The van der Waals surface area contributed by atoms with Gasteiger partial charge in [-0.25, -0.2) is 0 Å². The summed E-state index contributed by atoms with van der Waals surface area (Å²) in [6.07, 6.45) is 4.88. The maximum absolute atomic E-state index is 12.0. The average molecular weight is 288 g/mol. The SMILES string of the molecule is CCCNC(C)(CC(C)n1cc(Cl)cn1)C(=O)OC. The third-order valence-electron chi connectivity index (χ3n) is 3.13. The molecule has 1 aromatic heterocycles. The Bertz CT molecular complexity index is 422. The highest BCUT2D eigenvalue weighted by Crippen LogP contribution is 2.23. The van der Waals surface area contributed by atoms with Crippen LogP contribution in [0.3, 0.4) is 0 Å². The molecule has 0 aromatic carbocycles. The molecule has 1 aromatic rings. The second kappa shape index (κ2) is 6.91. The normalized spacial score (nSPS) is 15.8. The van der Waals surface area contributed by atoms with E-state index in [1.165, 1.54) is 7.11 Å². The van der Waals surface area contributed by atoms with E-state index in [1.54, 1.807) is 17.1 Å². The first-order chi connectivity index (χ1) is 8.92. The van der Waals surface area contributed by atoms with Crippen LogP contribution in [0.25, 0.3) is 0 Å². The number of nitrogens with one attached hydrogen (secondary N) is 1. The highest BCUT2D eigenvalue weighted by Gasteiger charge is 2.35. The van der Waals surface area contributed by atoms with Crippen LogP contribution >= 0.6 is 11.6 Å². The van der Waals surface area contributed by atoms with Crippen molar-refractivity contribution in [1.82, 2.24) is 15.1 Å². The van der Waals surface area contributed by atoms with Gasteiger partial charge < -0.3 is 10.1 Å². The van der Waals surface area contributed by atoms with E-state index in [0.717, 1.165) is 13.0 Å². The molecule has 0 aliphatic rings. The Kier molecular flexibility index (Phi) is 5.82. The molecule has 0 aliphatic heterocycles. The van der Waals surface area contributed by atoms with E-state index in [9.17, 15) is 4.79 Å². The molecule has 0 amide bonds. The lowest BCUT2D eigenvalue weighted by atomic mass is 9.93. The quantitative estimate of drug-likeness (QED) is 0.783. The molecule has 0 bridgehead atoms. The predicted octanol–water partition coefficient (Wildman–Crippen LogP) is 2.42. The van der Waals surface area contributed by atoms with Crippen molar-refractivity contribution in [2.75, 3.05) is 13.7 Å². The fourth-order valence-electron chi connectivity index (χ4n) is 2.09. The number of carbonyl (C=O) groups excluding carboxylic acids is 1. The highest BCUT2D eigenvalue weighted by molar-refractivity contribution is 6.30.